The molecule has 0 aliphatic carbocycles. The molecule has 2 rings (SSSR count). The molecule has 0 unspecified atom stereocenters. The molecule has 0 radical (unpaired) electrons. The number of benzene rings is 1. The minimum atomic E-state index is -3.44. The molecule has 0 spiro atoms. The van der Waals surface area contributed by atoms with Gasteiger partial charge in [-0.05, 0) is 18.2 Å². The van der Waals surface area contributed by atoms with Crippen LogP contribution in [0.2, 0.25) is 0 Å². The van der Waals surface area contributed by atoms with Gasteiger partial charge < -0.3 is 10.1 Å². The lowest BCUT2D eigenvalue weighted by molar-refractivity contribution is 0.322. The van der Waals surface area contributed by atoms with Crippen LogP contribution in [-0.4, -0.2) is 57.4 Å². The second-order valence-corrected chi connectivity index (χ2v) is 7.82. The summed E-state index contributed by atoms with van der Waals surface area (Å²) in [6, 6.07) is 5.57. The van der Waals surface area contributed by atoms with Gasteiger partial charge in [-0.25, -0.2) is 0 Å². The van der Waals surface area contributed by atoms with Crippen molar-refractivity contribution in [1.29, 1.82) is 0 Å². The topological polar surface area (TPSA) is 61.9 Å². The van der Waals surface area contributed by atoms with Crippen LogP contribution in [0.1, 0.15) is 5.56 Å². The van der Waals surface area contributed by atoms with Gasteiger partial charge >= 0.3 is 0 Å². The summed E-state index contributed by atoms with van der Waals surface area (Å²) in [5.74, 6) is 0.681. The summed E-state index contributed by atoms with van der Waals surface area (Å²) in [7, 11) is -0.266. The zero-order valence-electron chi connectivity index (χ0n) is 12.2. The number of methoxy groups -OCH3 is 1. The largest absolute Gasteiger partial charge is 0.496 e. The van der Waals surface area contributed by atoms with Crippen LogP contribution in [0.25, 0.3) is 0 Å². The van der Waals surface area contributed by atoms with E-state index in [1.54, 1.807) is 14.2 Å². The molecule has 1 N–H and O–H groups in total. The first-order chi connectivity index (χ1) is 9.95. The van der Waals surface area contributed by atoms with E-state index in [0.29, 0.717) is 31.9 Å². The van der Waals surface area contributed by atoms with E-state index in [2.05, 4.69) is 21.2 Å². The average molecular weight is 378 g/mol. The Kier molecular flexibility index (Phi) is 5.61. The molecule has 118 valence electrons. The maximum Gasteiger partial charge on any atom is 0.282 e. The van der Waals surface area contributed by atoms with Gasteiger partial charge in [0.2, 0.25) is 0 Å². The molecular weight excluding hydrogens is 358 g/mol. The summed E-state index contributed by atoms with van der Waals surface area (Å²) in [6.07, 6.45) is 0. The lowest BCUT2D eigenvalue weighted by Gasteiger charge is -2.30. The summed E-state index contributed by atoms with van der Waals surface area (Å²) in [5, 5.41) is 3.15. The van der Waals surface area contributed by atoms with Crippen LogP contribution in [-0.2, 0) is 16.8 Å². The molecule has 0 bridgehead atoms. The maximum atomic E-state index is 12.5. The van der Waals surface area contributed by atoms with E-state index < -0.39 is 10.2 Å². The normalized spacial score (nSPS) is 17.1. The average Bonchev–Trinajstić information content (AvgIpc) is 2.48. The minimum Gasteiger partial charge on any atom is -0.496 e. The number of nitrogens with zero attached hydrogens (tertiary/aromatic N) is 2. The van der Waals surface area contributed by atoms with Crippen LogP contribution >= 0.6 is 15.9 Å². The van der Waals surface area contributed by atoms with Crippen LogP contribution in [0.15, 0.2) is 22.7 Å². The third-order valence-electron chi connectivity index (χ3n) is 3.43. The predicted molar refractivity (Wildman–Crippen MR) is 85.5 cm³/mol. The van der Waals surface area contributed by atoms with Crippen molar-refractivity contribution in [3.05, 3.63) is 28.2 Å². The molecule has 1 saturated heterocycles. The van der Waals surface area contributed by atoms with Gasteiger partial charge in [0.15, 0.2) is 0 Å². The number of nitrogens with one attached hydrogen (secondary N) is 1. The van der Waals surface area contributed by atoms with E-state index in [1.165, 1.54) is 8.61 Å². The maximum absolute atomic E-state index is 12.5. The Morgan fingerprint density at radius 3 is 2.67 bits per heavy atom. The molecule has 0 atom stereocenters. The van der Waals surface area contributed by atoms with Crippen molar-refractivity contribution in [1.82, 2.24) is 13.9 Å². The first-order valence-corrected chi connectivity index (χ1v) is 8.88. The zero-order valence-corrected chi connectivity index (χ0v) is 14.6. The molecule has 0 aromatic heterocycles. The molecule has 0 amide bonds. The van der Waals surface area contributed by atoms with Gasteiger partial charge in [0.1, 0.15) is 5.75 Å². The number of hydrogen-bond donors (Lipinski definition) is 1. The van der Waals surface area contributed by atoms with E-state index in [0.717, 1.165) is 10.0 Å². The molecule has 0 saturated carbocycles. The van der Waals surface area contributed by atoms with E-state index in [1.807, 2.05) is 18.2 Å². The zero-order chi connectivity index (χ0) is 15.5. The van der Waals surface area contributed by atoms with Crippen LogP contribution < -0.4 is 10.1 Å². The summed E-state index contributed by atoms with van der Waals surface area (Å²) in [6.45, 7) is 2.65. The fourth-order valence-electron chi connectivity index (χ4n) is 2.26. The van der Waals surface area contributed by atoms with E-state index in [-0.39, 0.29) is 6.54 Å². The highest BCUT2D eigenvalue weighted by molar-refractivity contribution is 9.10. The monoisotopic (exact) mass is 377 g/mol. The molecule has 8 heteroatoms. The molecule has 1 aromatic carbocycles. The van der Waals surface area contributed by atoms with Crippen molar-refractivity contribution in [2.24, 2.45) is 0 Å². The van der Waals surface area contributed by atoms with Crippen molar-refractivity contribution in [3.8, 4) is 5.75 Å². The predicted octanol–water partition coefficient (Wildman–Crippen LogP) is 1.04. The van der Waals surface area contributed by atoms with Gasteiger partial charge in [-0.2, -0.15) is 17.0 Å². The summed E-state index contributed by atoms with van der Waals surface area (Å²) >= 11 is 3.40. The first kappa shape index (κ1) is 16.7. The van der Waals surface area contributed by atoms with Crippen LogP contribution in [0.4, 0.5) is 0 Å². The van der Waals surface area contributed by atoms with Gasteiger partial charge in [0.05, 0.1) is 7.11 Å². The lowest BCUT2D eigenvalue weighted by atomic mass is 10.2. The Morgan fingerprint density at radius 1 is 1.38 bits per heavy atom. The van der Waals surface area contributed by atoms with Crippen molar-refractivity contribution >= 4 is 26.1 Å². The van der Waals surface area contributed by atoms with Crippen molar-refractivity contribution in [2.75, 3.05) is 40.3 Å². The molecule has 1 aliphatic rings. The first-order valence-electron chi connectivity index (χ1n) is 6.69. The smallest absolute Gasteiger partial charge is 0.282 e. The lowest BCUT2D eigenvalue weighted by Crippen LogP contribution is -2.50. The number of piperazine rings is 1. The molecule has 1 heterocycles. The van der Waals surface area contributed by atoms with E-state index in [4.69, 9.17) is 4.74 Å². The Hall–Kier alpha value is -0.670. The van der Waals surface area contributed by atoms with Crippen molar-refractivity contribution in [3.63, 3.8) is 0 Å². The standard InChI is InChI=1S/C13H20BrN3O3S/c1-16(21(18,19)17-7-5-15-6-8-17)10-11-9-12(14)3-4-13(11)20-2/h3-4,9,15H,5-8,10H2,1-2H3. The van der Waals surface area contributed by atoms with Gasteiger partial charge in [0, 0.05) is 49.8 Å². The highest BCUT2D eigenvalue weighted by Crippen LogP contribution is 2.25. The number of ether oxygens (including phenoxy) is 1. The number of hydrogen-bond acceptors (Lipinski definition) is 4. The van der Waals surface area contributed by atoms with Gasteiger partial charge in [-0.1, -0.05) is 15.9 Å². The van der Waals surface area contributed by atoms with Gasteiger partial charge in [-0.3, -0.25) is 0 Å². The molecule has 21 heavy (non-hydrogen) atoms. The van der Waals surface area contributed by atoms with E-state index in [9.17, 15) is 8.42 Å². The summed E-state index contributed by atoms with van der Waals surface area (Å²) in [4.78, 5) is 0. The highest BCUT2D eigenvalue weighted by Gasteiger charge is 2.28. The molecule has 1 aromatic rings. The number of rotatable bonds is 5. The minimum absolute atomic E-state index is 0.273. The second kappa shape index (κ2) is 7.06. The second-order valence-electron chi connectivity index (χ2n) is 4.87. The third-order valence-corrected chi connectivity index (χ3v) is 5.86. The van der Waals surface area contributed by atoms with Gasteiger partial charge in [-0.15, -0.1) is 0 Å². The third kappa shape index (κ3) is 3.95. The summed E-state index contributed by atoms with van der Waals surface area (Å²) < 4.78 is 34.2. The fourth-order valence-corrected chi connectivity index (χ4v) is 4.01. The summed E-state index contributed by atoms with van der Waals surface area (Å²) in [5.41, 5.74) is 0.827. The SMILES string of the molecule is COc1ccc(Br)cc1CN(C)S(=O)(=O)N1CCNCC1. The van der Waals surface area contributed by atoms with Gasteiger partial charge in [0.25, 0.3) is 10.2 Å². The quantitative estimate of drug-likeness (QED) is 0.832. The van der Waals surface area contributed by atoms with Crippen LogP contribution in [0.3, 0.4) is 0 Å². The molecule has 6 nitrogen and oxygen atoms in total. The highest BCUT2D eigenvalue weighted by atomic mass is 79.9. The Balaban J connectivity index is 2.16. The Labute approximate surface area is 134 Å². The molecule has 1 aliphatic heterocycles. The van der Waals surface area contributed by atoms with Crippen LogP contribution in [0, 0.1) is 0 Å². The van der Waals surface area contributed by atoms with Crippen LogP contribution in [0.5, 0.6) is 5.75 Å². The molecule has 1 fully saturated rings. The van der Waals surface area contributed by atoms with Crippen molar-refractivity contribution in [2.45, 2.75) is 6.54 Å². The number of halogens is 1. The molecular formula is C13H20BrN3O3S. The Morgan fingerprint density at radius 2 is 2.05 bits per heavy atom. The fraction of sp³-hybridized carbons (Fsp3) is 0.538. The van der Waals surface area contributed by atoms with Crippen molar-refractivity contribution < 1.29 is 13.2 Å². The Bertz CT molecular complexity index is 588. The van der Waals surface area contributed by atoms with E-state index >= 15 is 0 Å².